The number of fused-ring (bicyclic) bond motifs is 1. The Morgan fingerprint density at radius 3 is 2.43 bits per heavy atom. The zero-order chi connectivity index (χ0) is 17.2. The molecule has 2 heteroatoms. The van der Waals surface area contributed by atoms with Crippen LogP contribution in [0.2, 0.25) is 0 Å². The molecule has 23 heavy (non-hydrogen) atoms. The van der Waals surface area contributed by atoms with Crippen molar-refractivity contribution in [2.24, 2.45) is 4.99 Å². The van der Waals surface area contributed by atoms with Gasteiger partial charge in [-0.1, -0.05) is 68.3 Å². The van der Waals surface area contributed by atoms with Crippen LogP contribution in [0.3, 0.4) is 0 Å². The summed E-state index contributed by atoms with van der Waals surface area (Å²) in [5.74, 6) is 0. The second-order valence-electron chi connectivity index (χ2n) is 6.59. The van der Waals surface area contributed by atoms with E-state index >= 15 is 0 Å². The number of rotatable bonds is 7. The fraction of sp³-hybridized carbons (Fsp3) is 0.476. The Morgan fingerprint density at radius 2 is 1.87 bits per heavy atom. The summed E-state index contributed by atoms with van der Waals surface area (Å²) in [6, 6.07) is 4.45. The molecule has 0 spiro atoms. The van der Waals surface area contributed by atoms with Crippen LogP contribution in [-0.4, -0.2) is 5.71 Å². The van der Waals surface area contributed by atoms with Gasteiger partial charge in [0.2, 0.25) is 0 Å². The Hall–Kier alpha value is -1.15. The standard InChI is InChI=1S/C21H28BrN/c1-7-10-15(5)21(6)17-12-16(14(4)9-3)18(22)13-19(17)23-20(21)11-8-2/h12-13H,4-5,7-11H2,1-3,6H3. The summed E-state index contributed by atoms with van der Waals surface area (Å²) in [7, 11) is 0. The van der Waals surface area contributed by atoms with Gasteiger partial charge in [-0.25, -0.2) is 0 Å². The molecule has 0 aliphatic carbocycles. The summed E-state index contributed by atoms with van der Waals surface area (Å²) < 4.78 is 1.09. The van der Waals surface area contributed by atoms with E-state index in [1.54, 1.807) is 0 Å². The Kier molecular flexibility index (Phi) is 5.67. The zero-order valence-electron chi connectivity index (χ0n) is 14.9. The highest BCUT2D eigenvalue weighted by molar-refractivity contribution is 9.10. The highest BCUT2D eigenvalue weighted by atomic mass is 79.9. The van der Waals surface area contributed by atoms with Crippen molar-refractivity contribution in [1.82, 2.24) is 0 Å². The molecular formula is C21H28BrN. The van der Waals surface area contributed by atoms with Gasteiger partial charge in [-0.2, -0.15) is 0 Å². The molecule has 1 aromatic carbocycles. The number of benzene rings is 1. The molecule has 124 valence electrons. The van der Waals surface area contributed by atoms with E-state index in [1.807, 2.05) is 0 Å². The smallest absolute Gasteiger partial charge is 0.0685 e. The molecule has 0 saturated heterocycles. The molecule has 0 amide bonds. The molecule has 0 fully saturated rings. The van der Waals surface area contributed by atoms with Gasteiger partial charge in [-0.05, 0) is 55.0 Å². The third kappa shape index (κ3) is 3.10. The van der Waals surface area contributed by atoms with Gasteiger partial charge in [0.25, 0.3) is 0 Å². The van der Waals surface area contributed by atoms with Crippen molar-refractivity contribution >= 4 is 32.9 Å². The molecule has 1 unspecified atom stereocenters. The highest BCUT2D eigenvalue weighted by Crippen LogP contribution is 2.49. The van der Waals surface area contributed by atoms with Crippen molar-refractivity contribution in [3.05, 3.63) is 46.5 Å². The minimum atomic E-state index is -0.134. The first-order chi connectivity index (χ1) is 10.9. The Morgan fingerprint density at radius 1 is 1.17 bits per heavy atom. The van der Waals surface area contributed by atoms with Gasteiger partial charge >= 0.3 is 0 Å². The lowest BCUT2D eigenvalue weighted by atomic mass is 9.71. The molecule has 0 saturated carbocycles. The van der Waals surface area contributed by atoms with Gasteiger partial charge in [-0.3, -0.25) is 4.99 Å². The number of hydrogen-bond donors (Lipinski definition) is 0. The first kappa shape index (κ1) is 18.2. The molecule has 1 aliphatic heterocycles. The van der Waals surface area contributed by atoms with Gasteiger partial charge in [0, 0.05) is 10.2 Å². The van der Waals surface area contributed by atoms with Crippen LogP contribution in [0, 0.1) is 0 Å². The van der Waals surface area contributed by atoms with E-state index in [0.29, 0.717) is 0 Å². The SMILES string of the molecule is C=C(CC)c1cc2c(cc1Br)N=C(CCC)C2(C)C(=C)CCC. The number of allylic oxidation sites excluding steroid dienone is 2. The topological polar surface area (TPSA) is 12.4 Å². The van der Waals surface area contributed by atoms with Gasteiger partial charge in [0.1, 0.15) is 0 Å². The molecule has 0 N–H and O–H groups in total. The van der Waals surface area contributed by atoms with Gasteiger partial charge in [0.05, 0.1) is 11.1 Å². The van der Waals surface area contributed by atoms with E-state index in [-0.39, 0.29) is 5.41 Å². The predicted molar refractivity (Wildman–Crippen MR) is 107 cm³/mol. The number of halogens is 1. The lowest BCUT2D eigenvalue weighted by Gasteiger charge is -2.31. The van der Waals surface area contributed by atoms with Crippen molar-refractivity contribution in [1.29, 1.82) is 0 Å². The maximum Gasteiger partial charge on any atom is 0.0685 e. The second kappa shape index (κ2) is 7.17. The van der Waals surface area contributed by atoms with E-state index in [9.17, 15) is 0 Å². The molecule has 1 nitrogen and oxygen atoms in total. The van der Waals surface area contributed by atoms with Crippen LogP contribution >= 0.6 is 15.9 Å². The number of hydrogen-bond acceptors (Lipinski definition) is 1. The second-order valence-corrected chi connectivity index (χ2v) is 7.45. The van der Waals surface area contributed by atoms with Crippen molar-refractivity contribution in [2.45, 2.75) is 65.2 Å². The quantitative estimate of drug-likeness (QED) is 0.442. The molecule has 0 aromatic heterocycles. The van der Waals surface area contributed by atoms with Gasteiger partial charge in [-0.15, -0.1) is 0 Å². The van der Waals surface area contributed by atoms with E-state index < -0.39 is 0 Å². The lowest BCUT2D eigenvalue weighted by molar-refractivity contribution is 0.689. The minimum Gasteiger partial charge on any atom is -0.256 e. The molecule has 1 aromatic rings. The Balaban J connectivity index is 2.62. The maximum absolute atomic E-state index is 4.98. The van der Waals surface area contributed by atoms with Crippen molar-refractivity contribution in [3.63, 3.8) is 0 Å². The molecule has 0 radical (unpaired) electrons. The van der Waals surface area contributed by atoms with E-state index in [1.165, 1.54) is 22.4 Å². The Labute approximate surface area is 149 Å². The fourth-order valence-corrected chi connectivity index (χ4v) is 4.03. The van der Waals surface area contributed by atoms with Crippen LogP contribution in [0.5, 0.6) is 0 Å². The molecule has 0 bridgehead atoms. The summed E-state index contributed by atoms with van der Waals surface area (Å²) in [5.41, 5.74) is 7.16. The zero-order valence-corrected chi connectivity index (χ0v) is 16.5. The Bertz CT molecular complexity index is 669. The molecule has 1 heterocycles. The van der Waals surface area contributed by atoms with Crippen LogP contribution in [0.4, 0.5) is 5.69 Å². The maximum atomic E-state index is 4.98. The van der Waals surface area contributed by atoms with Crippen molar-refractivity contribution in [2.75, 3.05) is 0 Å². The summed E-state index contributed by atoms with van der Waals surface area (Å²) >= 11 is 3.70. The van der Waals surface area contributed by atoms with Crippen LogP contribution in [-0.2, 0) is 5.41 Å². The van der Waals surface area contributed by atoms with Crippen LogP contribution in [0.15, 0.2) is 40.3 Å². The highest BCUT2D eigenvalue weighted by Gasteiger charge is 2.41. The number of nitrogens with zero attached hydrogens (tertiary/aromatic N) is 1. The van der Waals surface area contributed by atoms with Crippen LogP contribution in [0.1, 0.15) is 70.9 Å². The van der Waals surface area contributed by atoms with Crippen LogP contribution < -0.4 is 0 Å². The van der Waals surface area contributed by atoms with Crippen molar-refractivity contribution in [3.8, 4) is 0 Å². The molecular weight excluding hydrogens is 346 g/mol. The largest absolute Gasteiger partial charge is 0.256 e. The molecule has 2 rings (SSSR count). The average Bonchev–Trinajstić information content (AvgIpc) is 2.79. The average molecular weight is 374 g/mol. The molecule has 1 aliphatic rings. The molecule has 1 atom stereocenters. The number of aliphatic imine (C=N–C) groups is 1. The van der Waals surface area contributed by atoms with Crippen molar-refractivity contribution < 1.29 is 0 Å². The summed E-state index contributed by atoms with van der Waals surface area (Å²) in [5, 5.41) is 0. The third-order valence-electron chi connectivity index (χ3n) is 5.01. The first-order valence-electron chi connectivity index (χ1n) is 8.68. The summed E-state index contributed by atoms with van der Waals surface area (Å²) in [6.07, 6.45) is 5.24. The van der Waals surface area contributed by atoms with Crippen LogP contribution in [0.25, 0.3) is 5.57 Å². The van der Waals surface area contributed by atoms with Gasteiger partial charge < -0.3 is 0 Å². The van der Waals surface area contributed by atoms with E-state index in [0.717, 1.165) is 47.8 Å². The predicted octanol–water partition coefficient (Wildman–Crippen LogP) is 7.37. The summed E-state index contributed by atoms with van der Waals surface area (Å²) in [6.45, 7) is 17.5. The lowest BCUT2D eigenvalue weighted by Crippen LogP contribution is -2.31. The van der Waals surface area contributed by atoms with E-state index in [4.69, 9.17) is 4.99 Å². The summed E-state index contributed by atoms with van der Waals surface area (Å²) in [4.78, 5) is 4.98. The minimum absolute atomic E-state index is 0.134. The van der Waals surface area contributed by atoms with E-state index in [2.05, 4.69) is 68.9 Å². The third-order valence-corrected chi connectivity index (χ3v) is 5.67. The first-order valence-corrected chi connectivity index (χ1v) is 9.47. The van der Waals surface area contributed by atoms with Gasteiger partial charge in [0.15, 0.2) is 0 Å². The normalized spacial score (nSPS) is 19.4. The fourth-order valence-electron chi connectivity index (χ4n) is 3.42. The monoisotopic (exact) mass is 373 g/mol.